The third-order valence-corrected chi connectivity index (χ3v) is 2.49. The summed E-state index contributed by atoms with van der Waals surface area (Å²) in [6.07, 6.45) is 0. The number of halogens is 1. The average molecular weight is 259 g/mol. The summed E-state index contributed by atoms with van der Waals surface area (Å²) in [5, 5.41) is 17.6. The molecule has 4 nitrogen and oxygen atoms in total. The Morgan fingerprint density at radius 3 is 2.41 bits per heavy atom. The highest BCUT2D eigenvalue weighted by Crippen LogP contribution is 2.15. The number of amides is 1. The molecule has 17 heavy (non-hydrogen) atoms. The molecule has 0 spiro atoms. The van der Waals surface area contributed by atoms with Gasteiger partial charge in [-0.3, -0.25) is 4.79 Å². The second kappa shape index (κ2) is 6.58. The van der Waals surface area contributed by atoms with Gasteiger partial charge in [0, 0.05) is 18.0 Å². The number of aliphatic hydroxyl groups is 2. The Morgan fingerprint density at radius 2 is 1.88 bits per heavy atom. The fraction of sp³-hybridized carbons (Fsp3) is 0.364. The van der Waals surface area contributed by atoms with E-state index in [2.05, 4.69) is 12.6 Å². The van der Waals surface area contributed by atoms with E-state index in [4.69, 9.17) is 10.2 Å². The van der Waals surface area contributed by atoms with Crippen LogP contribution in [0.2, 0.25) is 0 Å². The first kappa shape index (κ1) is 14.0. The lowest BCUT2D eigenvalue weighted by Gasteiger charge is -2.21. The molecule has 0 atom stereocenters. The molecular weight excluding hydrogens is 245 g/mol. The molecule has 1 amide bonds. The van der Waals surface area contributed by atoms with Crippen LogP contribution in [0.3, 0.4) is 0 Å². The first-order valence-corrected chi connectivity index (χ1v) is 5.54. The molecule has 2 N–H and O–H groups in total. The van der Waals surface area contributed by atoms with Gasteiger partial charge in [0.25, 0.3) is 5.91 Å². The minimum atomic E-state index is -0.645. The van der Waals surface area contributed by atoms with Crippen LogP contribution in [-0.4, -0.2) is 47.3 Å². The smallest absolute Gasteiger partial charge is 0.257 e. The normalized spacial score (nSPS) is 10.4. The number of aliphatic hydroxyl groups excluding tert-OH is 2. The molecule has 0 bridgehead atoms. The van der Waals surface area contributed by atoms with Crippen molar-refractivity contribution in [2.24, 2.45) is 0 Å². The number of hydrogen-bond acceptors (Lipinski definition) is 4. The van der Waals surface area contributed by atoms with Gasteiger partial charge in [-0.2, -0.15) is 0 Å². The summed E-state index contributed by atoms with van der Waals surface area (Å²) in [5.41, 5.74) is -0.112. The maximum absolute atomic E-state index is 13.5. The summed E-state index contributed by atoms with van der Waals surface area (Å²) in [6.45, 7) is -0.382. The summed E-state index contributed by atoms with van der Waals surface area (Å²) in [5.74, 6) is -1.21. The Bertz CT molecular complexity index is 394. The molecule has 1 aromatic carbocycles. The molecule has 1 aromatic rings. The van der Waals surface area contributed by atoms with Crippen molar-refractivity contribution in [2.75, 3.05) is 26.3 Å². The van der Waals surface area contributed by atoms with Gasteiger partial charge in [-0.25, -0.2) is 4.39 Å². The Balaban J connectivity index is 2.95. The lowest BCUT2D eigenvalue weighted by atomic mass is 10.2. The van der Waals surface area contributed by atoms with Crippen molar-refractivity contribution < 1.29 is 19.4 Å². The number of thiol groups is 1. The molecular formula is C11H14FNO3S. The zero-order valence-corrected chi connectivity index (χ0v) is 10.0. The standard InChI is InChI=1S/C11H14FNO3S/c12-10-2-1-8(17)7-9(10)11(16)13(3-5-14)4-6-15/h1-2,7,14-15,17H,3-6H2. The van der Waals surface area contributed by atoms with Crippen LogP contribution in [0.25, 0.3) is 0 Å². The quantitative estimate of drug-likeness (QED) is 0.676. The van der Waals surface area contributed by atoms with E-state index in [1.807, 2.05) is 0 Å². The van der Waals surface area contributed by atoms with Crippen molar-refractivity contribution in [1.29, 1.82) is 0 Å². The molecule has 0 aliphatic rings. The van der Waals surface area contributed by atoms with Gasteiger partial charge in [-0.05, 0) is 18.2 Å². The lowest BCUT2D eigenvalue weighted by Crippen LogP contribution is -2.36. The number of benzene rings is 1. The maximum Gasteiger partial charge on any atom is 0.257 e. The largest absolute Gasteiger partial charge is 0.395 e. The Morgan fingerprint density at radius 1 is 1.29 bits per heavy atom. The van der Waals surface area contributed by atoms with E-state index in [0.29, 0.717) is 4.90 Å². The minimum Gasteiger partial charge on any atom is -0.395 e. The Hall–Kier alpha value is -1.11. The molecule has 0 unspecified atom stereocenters. The van der Waals surface area contributed by atoms with Crippen molar-refractivity contribution >= 4 is 18.5 Å². The van der Waals surface area contributed by atoms with Crippen LogP contribution in [0.15, 0.2) is 23.1 Å². The zero-order valence-electron chi connectivity index (χ0n) is 9.14. The van der Waals surface area contributed by atoms with Crippen LogP contribution in [0.4, 0.5) is 4.39 Å². The summed E-state index contributed by atoms with van der Waals surface area (Å²) < 4.78 is 13.5. The number of hydrogen-bond donors (Lipinski definition) is 3. The van der Waals surface area contributed by atoms with E-state index < -0.39 is 11.7 Å². The second-order valence-electron chi connectivity index (χ2n) is 3.40. The van der Waals surface area contributed by atoms with Gasteiger partial charge in [0.05, 0.1) is 18.8 Å². The van der Waals surface area contributed by atoms with E-state index in [0.717, 1.165) is 6.07 Å². The third kappa shape index (κ3) is 3.69. The molecule has 0 aliphatic heterocycles. The van der Waals surface area contributed by atoms with E-state index in [-0.39, 0.29) is 31.9 Å². The van der Waals surface area contributed by atoms with Crippen LogP contribution < -0.4 is 0 Å². The highest BCUT2D eigenvalue weighted by molar-refractivity contribution is 7.80. The van der Waals surface area contributed by atoms with Crippen molar-refractivity contribution in [3.8, 4) is 0 Å². The fourth-order valence-electron chi connectivity index (χ4n) is 1.40. The fourth-order valence-corrected chi connectivity index (χ4v) is 1.61. The van der Waals surface area contributed by atoms with Crippen LogP contribution in [0.1, 0.15) is 10.4 Å². The maximum atomic E-state index is 13.5. The van der Waals surface area contributed by atoms with Crippen molar-refractivity contribution in [2.45, 2.75) is 4.90 Å². The molecule has 0 heterocycles. The Kier molecular flexibility index (Phi) is 5.40. The van der Waals surface area contributed by atoms with Crippen molar-refractivity contribution in [1.82, 2.24) is 4.90 Å². The monoisotopic (exact) mass is 259 g/mol. The van der Waals surface area contributed by atoms with Gasteiger partial charge in [0.1, 0.15) is 5.82 Å². The van der Waals surface area contributed by atoms with Crippen LogP contribution in [0, 0.1) is 5.82 Å². The van der Waals surface area contributed by atoms with Crippen LogP contribution in [-0.2, 0) is 0 Å². The average Bonchev–Trinajstić information content (AvgIpc) is 2.31. The van der Waals surface area contributed by atoms with Crippen molar-refractivity contribution in [3.63, 3.8) is 0 Å². The number of carbonyl (C=O) groups excluding carboxylic acids is 1. The summed E-state index contributed by atoms with van der Waals surface area (Å²) in [4.78, 5) is 13.6. The topological polar surface area (TPSA) is 60.8 Å². The summed E-state index contributed by atoms with van der Waals surface area (Å²) in [7, 11) is 0. The van der Waals surface area contributed by atoms with Gasteiger partial charge >= 0.3 is 0 Å². The molecule has 0 aliphatic carbocycles. The lowest BCUT2D eigenvalue weighted by molar-refractivity contribution is 0.0680. The SMILES string of the molecule is O=C(c1cc(S)ccc1F)N(CCO)CCO. The van der Waals surface area contributed by atoms with Gasteiger partial charge < -0.3 is 15.1 Å². The molecule has 6 heteroatoms. The van der Waals surface area contributed by atoms with E-state index in [9.17, 15) is 9.18 Å². The third-order valence-electron chi connectivity index (χ3n) is 2.21. The van der Waals surface area contributed by atoms with E-state index in [1.54, 1.807) is 0 Å². The molecule has 0 radical (unpaired) electrons. The molecule has 0 saturated carbocycles. The van der Waals surface area contributed by atoms with Gasteiger partial charge in [0.15, 0.2) is 0 Å². The summed E-state index contributed by atoms with van der Waals surface area (Å²) >= 11 is 4.03. The van der Waals surface area contributed by atoms with Crippen LogP contribution in [0.5, 0.6) is 0 Å². The Labute approximate surface area is 104 Å². The molecule has 0 aromatic heterocycles. The van der Waals surface area contributed by atoms with Gasteiger partial charge in [-0.15, -0.1) is 12.6 Å². The van der Waals surface area contributed by atoms with E-state index in [1.165, 1.54) is 17.0 Å². The second-order valence-corrected chi connectivity index (χ2v) is 3.92. The highest BCUT2D eigenvalue weighted by atomic mass is 32.1. The predicted molar refractivity (Wildman–Crippen MR) is 63.7 cm³/mol. The molecule has 1 rings (SSSR count). The molecule has 94 valence electrons. The van der Waals surface area contributed by atoms with Crippen molar-refractivity contribution in [3.05, 3.63) is 29.6 Å². The predicted octanol–water partition coefficient (Wildman–Crippen LogP) is 0.541. The van der Waals surface area contributed by atoms with E-state index >= 15 is 0 Å². The molecule has 0 fully saturated rings. The zero-order chi connectivity index (χ0) is 12.8. The van der Waals surface area contributed by atoms with Gasteiger partial charge in [0.2, 0.25) is 0 Å². The number of nitrogens with zero attached hydrogens (tertiary/aromatic N) is 1. The number of rotatable bonds is 5. The number of carbonyl (C=O) groups is 1. The molecule has 0 saturated heterocycles. The van der Waals surface area contributed by atoms with Crippen LogP contribution >= 0.6 is 12.6 Å². The summed E-state index contributed by atoms with van der Waals surface area (Å²) in [6, 6.07) is 3.92. The van der Waals surface area contributed by atoms with Gasteiger partial charge in [-0.1, -0.05) is 0 Å². The first-order chi connectivity index (χ1) is 8.10. The highest BCUT2D eigenvalue weighted by Gasteiger charge is 2.18. The first-order valence-electron chi connectivity index (χ1n) is 5.09. The minimum absolute atomic E-state index is 0.0512.